The van der Waals surface area contributed by atoms with Gasteiger partial charge in [0.25, 0.3) is 0 Å². The van der Waals surface area contributed by atoms with Crippen molar-refractivity contribution in [3.8, 4) is 5.88 Å². The Balaban J connectivity index is 2.72. The SMILES string of the molecule is CCC(C)(C)C(N)Cc1cc(OC)ncn1. The van der Waals surface area contributed by atoms with Crippen molar-refractivity contribution < 1.29 is 4.74 Å². The first-order chi connectivity index (χ1) is 7.49. The van der Waals surface area contributed by atoms with Crippen LogP contribution in [0.3, 0.4) is 0 Å². The van der Waals surface area contributed by atoms with E-state index in [4.69, 9.17) is 10.5 Å². The van der Waals surface area contributed by atoms with Crippen molar-refractivity contribution >= 4 is 0 Å². The molecule has 1 aromatic heterocycles. The summed E-state index contributed by atoms with van der Waals surface area (Å²) in [5, 5.41) is 0. The Morgan fingerprint density at radius 3 is 2.69 bits per heavy atom. The lowest BCUT2D eigenvalue weighted by Crippen LogP contribution is -2.38. The van der Waals surface area contributed by atoms with E-state index in [0.29, 0.717) is 5.88 Å². The molecule has 1 rings (SSSR count). The fourth-order valence-electron chi connectivity index (χ4n) is 1.36. The Kier molecular flexibility index (Phi) is 4.24. The molecule has 1 unspecified atom stereocenters. The summed E-state index contributed by atoms with van der Waals surface area (Å²) in [6, 6.07) is 1.93. The second-order valence-corrected chi connectivity index (χ2v) is 4.70. The van der Waals surface area contributed by atoms with E-state index in [9.17, 15) is 0 Å². The third-order valence-corrected chi connectivity index (χ3v) is 3.25. The lowest BCUT2D eigenvalue weighted by atomic mass is 9.80. The van der Waals surface area contributed by atoms with Crippen molar-refractivity contribution in [3.63, 3.8) is 0 Å². The number of hydrogen-bond donors (Lipinski definition) is 1. The topological polar surface area (TPSA) is 61.0 Å². The van der Waals surface area contributed by atoms with Crippen LogP contribution in [-0.2, 0) is 6.42 Å². The van der Waals surface area contributed by atoms with E-state index in [2.05, 4.69) is 30.7 Å². The predicted molar refractivity (Wildman–Crippen MR) is 64.3 cm³/mol. The van der Waals surface area contributed by atoms with Gasteiger partial charge in [-0.2, -0.15) is 0 Å². The van der Waals surface area contributed by atoms with Gasteiger partial charge in [-0.15, -0.1) is 0 Å². The van der Waals surface area contributed by atoms with Gasteiger partial charge in [-0.1, -0.05) is 20.8 Å². The van der Waals surface area contributed by atoms with E-state index in [1.165, 1.54) is 6.33 Å². The highest BCUT2D eigenvalue weighted by Gasteiger charge is 2.24. The first-order valence-electron chi connectivity index (χ1n) is 5.60. The molecule has 0 aliphatic heterocycles. The standard InChI is InChI=1S/C12H21N3O/c1-5-12(2,3)10(13)6-9-7-11(16-4)15-8-14-9/h7-8,10H,5-6,13H2,1-4H3. The molecule has 0 aliphatic rings. The summed E-state index contributed by atoms with van der Waals surface area (Å²) in [6.45, 7) is 6.51. The van der Waals surface area contributed by atoms with Gasteiger partial charge in [0.15, 0.2) is 0 Å². The van der Waals surface area contributed by atoms with Crippen LogP contribution < -0.4 is 10.5 Å². The Morgan fingerprint density at radius 1 is 1.44 bits per heavy atom. The molecule has 1 heterocycles. The maximum atomic E-state index is 6.18. The molecule has 0 aliphatic carbocycles. The molecule has 90 valence electrons. The minimum absolute atomic E-state index is 0.0945. The monoisotopic (exact) mass is 223 g/mol. The minimum Gasteiger partial charge on any atom is -0.481 e. The van der Waals surface area contributed by atoms with Gasteiger partial charge in [-0.05, 0) is 11.8 Å². The van der Waals surface area contributed by atoms with Crippen LogP contribution in [0.15, 0.2) is 12.4 Å². The highest BCUT2D eigenvalue weighted by atomic mass is 16.5. The van der Waals surface area contributed by atoms with Gasteiger partial charge in [-0.25, -0.2) is 9.97 Å². The summed E-state index contributed by atoms with van der Waals surface area (Å²) in [4.78, 5) is 8.18. The van der Waals surface area contributed by atoms with Gasteiger partial charge in [0.2, 0.25) is 5.88 Å². The van der Waals surface area contributed by atoms with Gasteiger partial charge in [0.05, 0.1) is 7.11 Å². The second-order valence-electron chi connectivity index (χ2n) is 4.70. The Bertz CT molecular complexity index is 339. The number of nitrogens with zero attached hydrogens (tertiary/aromatic N) is 2. The van der Waals surface area contributed by atoms with Crippen LogP contribution in [0.25, 0.3) is 0 Å². The van der Waals surface area contributed by atoms with Crippen molar-refractivity contribution in [2.45, 2.75) is 39.7 Å². The lowest BCUT2D eigenvalue weighted by Gasteiger charge is -2.30. The van der Waals surface area contributed by atoms with Crippen LogP contribution in [-0.4, -0.2) is 23.1 Å². The molecule has 0 radical (unpaired) electrons. The number of methoxy groups -OCH3 is 1. The zero-order chi connectivity index (χ0) is 12.2. The number of ether oxygens (including phenoxy) is 1. The summed E-state index contributed by atoms with van der Waals surface area (Å²) < 4.78 is 5.06. The maximum Gasteiger partial charge on any atom is 0.216 e. The van der Waals surface area contributed by atoms with Crippen LogP contribution >= 0.6 is 0 Å². The summed E-state index contributed by atoms with van der Waals surface area (Å²) in [5.74, 6) is 0.589. The third kappa shape index (κ3) is 3.17. The second kappa shape index (κ2) is 5.25. The minimum atomic E-state index is 0.0945. The average Bonchev–Trinajstić information content (AvgIpc) is 2.29. The fourth-order valence-corrected chi connectivity index (χ4v) is 1.36. The number of aromatic nitrogens is 2. The fraction of sp³-hybridized carbons (Fsp3) is 0.667. The molecule has 16 heavy (non-hydrogen) atoms. The van der Waals surface area contributed by atoms with Crippen molar-refractivity contribution in [1.29, 1.82) is 0 Å². The highest BCUT2D eigenvalue weighted by molar-refractivity contribution is 5.14. The molecule has 0 aromatic carbocycles. The molecule has 0 bridgehead atoms. The normalized spacial score (nSPS) is 13.6. The van der Waals surface area contributed by atoms with Gasteiger partial charge in [0.1, 0.15) is 6.33 Å². The predicted octanol–water partition coefficient (Wildman–Crippen LogP) is 1.79. The van der Waals surface area contributed by atoms with Crippen molar-refractivity contribution in [2.24, 2.45) is 11.1 Å². The molecule has 1 aromatic rings. The summed E-state index contributed by atoms with van der Waals surface area (Å²) in [6.07, 6.45) is 3.32. The lowest BCUT2D eigenvalue weighted by molar-refractivity contribution is 0.271. The first kappa shape index (κ1) is 12.9. The first-order valence-corrected chi connectivity index (χ1v) is 5.60. The van der Waals surface area contributed by atoms with E-state index in [-0.39, 0.29) is 11.5 Å². The van der Waals surface area contributed by atoms with Gasteiger partial charge in [0, 0.05) is 24.2 Å². The quantitative estimate of drug-likeness (QED) is 0.826. The van der Waals surface area contributed by atoms with Crippen LogP contribution in [0.2, 0.25) is 0 Å². The van der Waals surface area contributed by atoms with Crippen molar-refractivity contribution in [3.05, 3.63) is 18.1 Å². The molecule has 0 saturated carbocycles. The van der Waals surface area contributed by atoms with Crippen molar-refractivity contribution in [1.82, 2.24) is 9.97 Å². The largest absolute Gasteiger partial charge is 0.481 e. The average molecular weight is 223 g/mol. The summed E-state index contributed by atoms with van der Waals surface area (Å²) >= 11 is 0. The number of nitrogens with two attached hydrogens (primary N) is 1. The highest BCUT2D eigenvalue weighted by Crippen LogP contribution is 2.25. The van der Waals surface area contributed by atoms with Crippen molar-refractivity contribution in [2.75, 3.05) is 7.11 Å². The molecule has 0 spiro atoms. The molecule has 1 atom stereocenters. The van der Waals surface area contributed by atoms with E-state index in [0.717, 1.165) is 18.5 Å². The van der Waals surface area contributed by atoms with E-state index >= 15 is 0 Å². The molecule has 4 heteroatoms. The maximum absolute atomic E-state index is 6.18. The van der Waals surface area contributed by atoms with Gasteiger partial charge >= 0.3 is 0 Å². The molecule has 4 nitrogen and oxygen atoms in total. The third-order valence-electron chi connectivity index (χ3n) is 3.25. The zero-order valence-corrected chi connectivity index (χ0v) is 10.5. The Morgan fingerprint density at radius 2 is 2.12 bits per heavy atom. The molecule has 2 N–H and O–H groups in total. The summed E-state index contributed by atoms with van der Waals surface area (Å²) in [7, 11) is 1.60. The molecule has 0 amide bonds. The van der Waals surface area contributed by atoms with E-state index in [1.54, 1.807) is 7.11 Å². The summed E-state index contributed by atoms with van der Waals surface area (Å²) in [5.41, 5.74) is 7.24. The van der Waals surface area contributed by atoms with Crippen LogP contribution in [0.1, 0.15) is 32.9 Å². The molecular weight excluding hydrogens is 202 g/mol. The van der Waals surface area contributed by atoms with E-state index < -0.39 is 0 Å². The van der Waals surface area contributed by atoms with Crippen LogP contribution in [0.5, 0.6) is 5.88 Å². The number of hydrogen-bond acceptors (Lipinski definition) is 4. The van der Waals surface area contributed by atoms with Gasteiger partial charge < -0.3 is 10.5 Å². The Hall–Kier alpha value is -1.16. The molecular formula is C12H21N3O. The Labute approximate surface area is 97.2 Å². The molecule has 0 saturated heterocycles. The van der Waals surface area contributed by atoms with Crippen LogP contribution in [0.4, 0.5) is 0 Å². The van der Waals surface area contributed by atoms with E-state index in [1.807, 2.05) is 6.07 Å². The van der Waals surface area contributed by atoms with Crippen LogP contribution in [0, 0.1) is 5.41 Å². The number of rotatable bonds is 5. The zero-order valence-electron chi connectivity index (χ0n) is 10.5. The molecule has 0 fully saturated rings. The van der Waals surface area contributed by atoms with Gasteiger partial charge in [-0.3, -0.25) is 0 Å². The smallest absolute Gasteiger partial charge is 0.216 e.